The molecule has 0 aromatic heterocycles. The van der Waals surface area contributed by atoms with E-state index < -0.39 is 17.8 Å². The molecule has 0 spiro atoms. The number of rotatable bonds is 3. The standard InChI is InChI=1S/C19H18F3N3/c20-14-4-5-15(16(21)10-14)18(22)12-6-8-25(9-7-12)19-13(11-23)2-1-3-17(19)24/h1-5,10,12,18H,6-9,24H2/t18-/m0/s1. The van der Waals surface area contributed by atoms with Crippen LogP contribution in [-0.2, 0) is 0 Å². The number of hydrogen-bond acceptors (Lipinski definition) is 3. The van der Waals surface area contributed by atoms with Gasteiger partial charge in [0.1, 0.15) is 23.9 Å². The Hall–Kier alpha value is -2.68. The third-order valence-electron chi connectivity index (χ3n) is 4.72. The first-order valence-electron chi connectivity index (χ1n) is 8.14. The van der Waals surface area contributed by atoms with Crippen molar-refractivity contribution >= 4 is 11.4 Å². The molecule has 3 nitrogen and oxygen atoms in total. The van der Waals surface area contributed by atoms with Crippen molar-refractivity contribution < 1.29 is 13.2 Å². The van der Waals surface area contributed by atoms with Gasteiger partial charge in [0.15, 0.2) is 0 Å². The van der Waals surface area contributed by atoms with Gasteiger partial charge < -0.3 is 10.6 Å². The third-order valence-corrected chi connectivity index (χ3v) is 4.72. The van der Waals surface area contributed by atoms with E-state index in [4.69, 9.17) is 5.73 Å². The van der Waals surface area contributed by atoms with Crippen molar-refractivity contribution in [2.75, 3.05) is 23.7 Å². The molecule has 1 saturated heterocycles. The lowest BCUT2D eigenvalue weighted by Gasteiger charge is -2.36. The summed E-state index contributed by atoms with van der Waals surface area (Å²) in [6, 6.07) is 10.2. The summed E-state index contributed by atoms with van der Waals surface area (Å²) in [7, 11) is 0. The maximum atomic E-state index is 14.7. The minimum absolute atomic E-state index is 0.100. The highest BCUT2D eigenvalue weighted by Crippen LogP contribution is 2.38. The van der Waals surface area contributed by atoms with Crippen LogP contribution in [0, 0.1) is 28.9 Å². The average Bonchev–Trinajstić information content (AvgIpc) is 2.61. The van der Waals surface area contributed by atoms with Crippen LogP contribution in [0.15, 0.2) is 36.4 Å². The van der Waals surface area contributed by atoms with Crippen LogP contribution < -0.4 is 10.6 Å². The highest BCUT2D eigenvalue weighted by atomic mass is 19.1. The molecule has 1 aliphatic rings. The van der Waals surface area contributed by atoms with E-state index in [0.717, 1.165) is 6.07 Å². The maximum Gasteiger partial charge on any atom is 0.132 e. The van der Waals surface area contributed by atoms with Crippen LogP contribution in [0.5, 0.6) is 0 Å². The SMILES string of the molecule is N#Cc1cccc(N)c1N1CCC([C@H](F)c2ccc(F)cc2F)CC1. The predicted molar refractivity (Wildman–Crippen MR) is 90.7 cm³/mol. The number of hydrogen-bond donors (Lipinski definition) is 1. The molecule has 2 aromatic rings. The van der Waals surface area contributed by atoms with Crippen LogP contribution in [0.3, 0.4) is 0 Å². The summed E-state index contributed by atoms with van der Waals surface area (Å²) >= 11 is 0. The second-order valence-corrected chi connectivity index (χ2v) is 6.25. The monoisotopic (exact) mass is 345 g/mol. The van der Waals surface area contributed by atoms with E-state index >= 15 is 0 Å². The summed E-state index contributed by atoms with van der Waals surface area (Å²) in [6.45, 7) is 1.05. The summed E-state index contributed by atoms with van der Waals surface area (Å²) in [5.41, 5.74) is 7.57. The zero-order valence-corrected chi connectivity index (χ0v) is 13.6. The van der Waals surface area contributed by atoms with Crippen molar-refractivity contribution in [2.45, 2.75) is 19.0 Å². The van der Waals surface area contributed by atoms with E-state index in [1.807, 2.05) is 4.90 Å². The van der Waals surface area contributed by atoms with E-state index in [1.165, 1.54) is 6.07 Å². The van der Waals surface area contributed by atoms with Gasteiger partial charge in [0.25, 0.3) is 0 Å². The van der Waals surface area contributed by atoms with E-state index in [0.29, 0.717) is 48.9 Å². The van der Waals surface area contributed by atoms with Crippen molar-refractivity contribution in [1.29, 1.82) is 5.26 Å². The summed E-state index contributed by atoms with van der Waals surface area (Å²) < 4.78 is 41.5. The number of anilines is 2. The van der Waals surface area contributed by atoms with Gasteiger partial charge in [-0.2, -0.15) is 5.26 Å². The van der Waals surface area contributed by atoms with E-state index in [2.05, 4.69) is 6.07 Å². The van der Waals surface area contributed by atoms with Crippen LogP contribution in [0.2, 0.25) is 0 Å². The molecule has 130 valence electrons. The Morgan fingerprint density at radius 1 is 1.16 bits per heavy atom. The van der Waals surface area contributed by atoms with Crippen LogP contribution >= 0.6 is 0 Å². The lowest BCUT2D eigenvalue weighted by molar-refractivity contribution is 0.194. The molecule has 2 aromatic carbocycles. The smallest absolute Gasteiger partial charge is 0.132 e. The first-order chi connectivity index (χ1) is 12.0. The number of nitrogen functional groups attached to an aromatic ring is 1. The van der Waals surface area contributed by atoms with Gasteiger partial charge in [0.2, 0.25) is 0 Å². The average molecular weight is 345 g/mol. The largest absolute Gasteiger partial charge is 0.397 e. The molecule has 0 unspecified atom stereocenters. The molecule has 0 saturated carbocycles. The van der Waals surface area contributed by atoms with Gasteiger partial charge in [0, 0.05) is 24.7 Å². The molecule has 2 N–H and O–H groups in total. The van der Waals surface area contributed by atoms with E-state index in [9.17, 15) is 18.4 Å². The zero-order chi connectivity index (χ0) is 18.0. The second-order valence-electron chi connectivity index (χ2n) is 6.25. The van der Waals surface area contributed by atoms with Crippen LogP contribution in [-0.4, -0.2) is 13.1 Å². The molecule has 6 heteroatoms. The Balaban J connectivity index is 1.73. The molecule has 25 heavy (non-hydrogen) atoms. The first-order valence-corrected chi connectivity index (χ1v) is 8.14. The normalized spacial score (nSPS) is 16.5. The van der Waals surface area contributed by atoms with Crippen LogP contribution in [0.1, 0.15) is 30.1 Å². The third kappa shape index (κ3) is 3.41. The number of alkyl halides is 1. The van der Waals surface area contributed by atoms with Gasteiger partial charge in [-0.1, -0.05) is 12.1 Å². The van der Waals surface area contributed by atoms with Crippen LogP contribution in [0.25, 0.3) is 0 Å². The fourth-order valence-corrected chi connectivity index (χ4v) is 3.40. The molecule has 0 aliphatic carbocycles. The predicted octanol–water partition coefficient (Wildman–Crippen LogP) is 4.35. The van der Waals surface area contributed by atoms with Gasteiger partial charge in [-0.05, 0) is 37.0 Å². The quantitative estimate of drug-likeness (QED) is 0.842. The van der Waals surface area contributed by atoms with Crippen molar-refractivity contribution in [1.82, 2.24) is 0 Å². The molecule has 0 radical (unpaired) electrons. The molecule has 1 atom stereocenters. The highest BCUT2D eigenvalue weighted by Gasteiger charge is 2.30. The number of nitriles is 1. The molecule has 1 aliphatic heterocycles. The first kappa shape index (κ1) is 17.2. The van der Waals surface area contributed by atoms with Crippen molar-refractivity contribution in [2.24, 2.45) is 5.92 Å². The number of benzene rings is 2. The topological polar surface area (TPSA) is 53.1 Å². The Kier molecular flexibility index (Phi) is 4.84. The van der Waals surface area contributed by atoms with Gasteiger partial charge in [-0.15, -0.1) is 0 Å². The van der Waals surface area contributed by atoms with Gasteiger partial charge in [-0.25, -0.2) is 13.2 Å². The maximum absolute atomic E-state index is 14.7. The molecule has 1 fully saturated rings. The van der Waals surface area contributed by atoms with Gasteiger partial charge in [0.05, 0.1) is 16.9 Å². The van der Waals surface area contributed by atoms with Crippen molar-refractivity contribution in [3.05, 3.63) is 59.2 Å². The summed E-state index contributed by atoms with van der Waals surface area (Å²) in [6.07, 6.45) is -0.486. The summed E-state index contributed by atoms with van der Waals surface area (Å²) in [4.78, 5) is 1.97. The number of piperidine rings is 1. The number of para-hydroxylation sites is 1. The fraction of sp³-hybridized carbons (Fsp3) is 0.316. The molecule has 3 rings (SSSR count). The molecule has 0 bridgehead atoms. The Morgan fingerprint density at radius 3 is 2.52 bits per heavy atom. The fourth-order valence-electron chi connectivity index (χ4n) is 3.40. The minimum Gasteiger partial charge on any atom is -0.397 e. The highest BCUT2D eigenvalue weighted by molar-refractivity contribution is 5.74. The number of nitrogens with two attached hydrogens (primary N) is 1. The number of halogens is 3. The van der Waals surface area contributed by atoms with Crippen LogP contribution in [0.4, 0.5) is 24.5 Å². The molecule has 1 heterocycles. The minimum atomic E-state index is -1.48. The number of nitrogens with zero attached hydrogens (tertiary/aromatic N) is 2. The molecule has 0 amide bonds. The van der Waals surface area contributed by atoms with E-state index in [-0.39, 0.29) is 11.5 Å². The van der Waals surface area contributed by atoms with Gasteiger partial charge >= 0.3 is 0 Å². The second kappa shape index (κ2) is 7.06. The molecular weight excluding hydrogens is 327 g/mol. The summed E-state index contributed by atoms with van der Waals surface area (Å²) in [5, 5.41) is 9.25. The lowest BCUT2D eigenvalue weighted by atomic mass is 9.87. The Morgan fingerprint density at radius 2 is 1.88 bits per heavy atom. The summed E-state index contributed by atoms with van der Waals surface area (Å²) in [5.74, 6) is -1.92. The van der Waals surface area contributed by atoms with Crippen molar-refractivity contribution in [3.63, 3.8) is 0 Å². The van der Waals surface area contributed by atoms with E-state index in [1.54, 1.807) is 18.2 Å². The van der Waals surface area contributed by atoms with Crippen molar-refractivity contribution in [3.8, 4) is 6.07 Å². The Bertz CT molecular complexity index is 808. The van der Waals surface area contributed by atoms with Gasteiger partial charge in [-0.3, -0.25) is 0 Å². The lowest BCUT2D eigenvalue weighted by Crippen LogP contribution is -2.36. The molecular formula is C19H18F3N3. The Labute approximate surface area is 144 Å². The zero-order valence-electron chi connectivity index (χ0n) is 13.6.